The van der Waals surface area contributed by atoms with E-state index in [1.807, 2.05) is 36.2 Å². The SMILES string of the molecule is COc1cc2c(cc1CNC1CCCN(C(=O)S)C1c1ccccc1)N(C)C(=O)CC2. The van der Waals surface area contributed by atoms with E-state index in [2.05, 4.69) is 36.1 Å². The normalized spacial score (nSPS) is 21.1. The smallest absolute Gasteiger partial charge is 0.279 e. The van der Waals surface area contributed by atoms with Crippen molar-refractivity contribution >= 4 is 29.5 Å². The molecule has 7 heteroatoms. The fourth-order valence-electron chi connectivity index (χ4n) is 4.77. The molecule has 31 heavy (non-hydrogen) atoms. The topological polar surface area (TPSA) is 61.9 Å². The summed E-state index contributed by atoms with van der Waals surface area (Å²) < 4.78 is 5.66. The van der Waals surface area contributed by atoms with Gasteiger partial charge in [0.1, 0.15) is 5.75 Å². The van der Waals surface area contributed by atoms with E-state index in [1.165, 1.54) is 0 Å². The Balaban J connectivity index is 1.60. The van der Waals surface area contributed by atoms with E-state index in [9.17, 15) is 9.59 Å². The monoisotopic (exact) mass is 439 g/mol. The van der Waals surface area contributed by atoms with Crippen molar-refractivity contribution in [2.75, 3.05) is 25.6 Å². The molecule has 2 heterocycles. The zero-order valence-electron chi connectivity index (χ0n) is 18.0. The Morgan fingerprint density at radius 2 is 2.00 bits per heavy atom. The second kappa shape index (κ2) is 9.32. The Kier molecular flexibility index (Phi) is 6.53. The van der Waals surface area contributed by atoms with Crippen molar-refractivity contribution < 1.29 is 14.3 Å². The quantitative estimate of drug-likeness (QED) is 0.693. The third-order valence-electron chi connectivity index (χ3n) is 6.40. The van der Waals surface area contributed by atoms with E-state index in [-0.39, 0.29) is 23.2 Å². The second-order valence-electron chi connectivity index (χ2n) is 8.21. The predicted molar refractivity (Wildman–Crippen MR) is 125 cm³/mol. The van der Waals surface area contributed by atoms with Gasteiger partial charge in [-0.1, -0.05) is 43.0 Å². The average molecular weight is 440 g/mol. The van der Waals surface area contributed by atoms with Crippen LogP contribution in [0, 0.1) is 0 Å². The minimum Gasteiger partial charge on any atom is -0.496 e. The lowest BCUT2D eigenvalue weighted by molar-refractivity contribution is -0.118. The molecule has 2 unspecified atom stereocenters. The number of likely N-dealkylation sites (tertiary alicyclic amines) is 1. The predicted octanol–water partition coefficient (Wildman–Crippen LogP) is 3.95. The van der Waals surface area contributed by atoms with Crippen LogP contribution in [0.15, 0.2) is 42.5 Å². The summed E-state index contributed by atoms with van der Waals surface area (Å²) in [5.74, 6) is 0.958. The van der Waals surface area contributed by atoms with Crippen molar-refractivity contribution in [1.82, 2.24) is 10.2 Å². The maximum atomic E-state index is 12.2. The molecular formula is C24H29N3O3S. The van der Waals surface area contributed by atoms with Crippen LogP contribution in [0.5, 0.6) is 5.75 Å². The molecule has 164 valence electrons. The van der Waals surface area contributed by atoms with Gasteiger partial charge in [-0.05, 0) is 42.5 Å². The van der Waals surface area contributed by atoms with Crippen molar-refractivity contribution in [3.8, 4) is 5.75 Å². The number of piperidine rings is 1. The number of benzene rings is 2. The molecule has 2 aromatic rings. The molecule has 6 nitrogen and oxygen atoms in total. The van der Waals surface area contributed by atoms with Gasteiger partial charge in [-0.15, -0.1) is 0 Å². The first kappa shape index (κ1) is 21.7. The standard InChI is InChI=1S/C24H29N3O3S/c1-26-20-13-18(21(30-2)14-17(20)10-11-22(26)28)15-25-19-9-6-12-27(24(29)31)23(19)16-7-4-3-5-8-16/h3-5,7-8,13-14,19,23,25H,6,9-12,15H2,1-2H3,(H,29,31). The molecule has 2 aliphatic heterocycles. The molecule has 2 atom stereocenters. The highest BCUT2D eigenvalue weighted by Crippen LogP contribution is 2.35. The van der Waals surface area contributed by atoms with E-state index in [0.717, 1.165) is 47.4 Å². The largest absolute Gasteiger partial charge is 0.496 e. The number of amides is 2. The van der Waals surface area contributed by atoms with Crippen LogP contribution in [0.25, 0.3) is 0 Å². The van der Waals surface area contributed by atoms with Crippen LogP contribution in [-0.2, 0) is 17.8 Å². The molecule has 0 radical (unpaired) electrons. The van der Waals surface area contributed by atoms with Crippen molar-refractivity contribution in [2.24, 2.45) is 0 Å². The first-order chi connectivity index (χ1) is 15.0. The molecular weight excluding hydrogens is 410 g/mol. The zero-order chi connectivity index (χ0) is 22.0. The summed E-state index contributed by atoms with van der Waals surface area (Å²) >= 11 is 4.14. The van der Waals surface area contributed by atoms with Crippen LogP contribution >= 0.6 is 12.6 Å². The molecule has 2 amide bonds. The molecule has 0 bridgehead atoms. The number of aryl methyl sites for hydroxylation is 1. The summed E-state index contributed by atoms with van der Waals surface area (Å²) in [7, 11) is 3.50. The highest BCUT2D eigenvalue weighted by atomic mass is 32.1. The molecule has 0 saturated carbocycles. The van der Waals surface area contributed by atoms with Gasteiger partial charge < -0.3 is 19.9 Å². The lowest BCUT2D eigenvalue weighted by Gasteiger charge is -2.41. The van der Waals surface area contributed by atoms with E-state index >= 15 is 0 Å². The summed E-state index contributed by atoms with van der Waals surface area (Å²) in [5.41, 5.74) is 4.19. The van der Waals surface area contributed by atoms with Crippen molar-refractivity contribution in [3.05, 3.63) is 59.2 Å². The highest BCUT2D eigenvalue weighted by molar-refractivity contribution is 7.96. The van der Waals surface area contributed by atoms with Crippen molar-refractivity contribution in [1.29, 1.82) is 0 Å². The van der Waals surface area contributed by atoms with E-state index in [0.29, 0.717) is 19.5 Å². The molecule has 2 aromatic carbocycles. The number of thiol groups is 1. The number of nitrogens with zero attached hydrogens (tertiary/aromatic N) is 2. The third kappa shape index (κ3) is 4.43. The van der Waals surface area contributed by atoms with Crippen LogP contribution in [-0.4, -0.2) is 42.8 Å². The minimum atomic E-state index is -0.202. The number of carbonyl (C=O) groups is 2. The molecule has 2 aliphatic rings. The highest BCUT2D eigenvalue weighted by Gasteiger charge is 2.34. The number of carbonyl (C=O) groups excluding carboxylic acids is 2. The number of hydrogen-bond donors (Lipinski definition) is 2. The van der Waals surface area contributed by atoms with Gasteiger partial charge in [-0.2, -0.15) is 0 Å². The summed E-state index contributed by atoms with van der Waals surface area (Å²) in [6, 6.07) is 14.2. The van der Waals surface area contributed by atoms with E-state index in [1.54, 1.807) is 12.0 Å². The van der Waals surface area contributed by atoms with Gasteiger partial charge in [0, 0.05) is 43.9 Å². The Morgan fingerprint density at radius 1 is 1.23 bits per heavy atom. The fraction of sp³-hybridized carbons (Fsp3) is 0.417. The van der Waals surface area contributed by atoms with Gasteiger partial charge >= 0.3 is 0 Å². The van der Waals surface area contributed by atoms with Crippen LogP contribution in [0.3, 0.4) is 0 Å². The fourth-order valence-corrected chi connectivity index (χ4v) is 4.99. The zero-order valence-corrected chi connectivity index (χ0v) is 18.9. The van der Waals surface area contributed by atoms with Gasteiger partial charge in [-0.25, -0.2) is 0 Å². The minimum absolute atomic E-state index is 0.0761. The number of methoxy groups -OCH3 is 1. The maximum Gasteiger partial charge on any atom is 0.279 e. The van der Waals surface area contributed by atoms with Crippen LogP contribution in [0.1, 0.15) is 42.0 Å². The number of rotatable bonds is 5. The number of hydrogen-bond acceptors (Lipinski definition) is 4. The Labute approximate surface area is 189 Å². The molecule has 0 aromatic heterocycles. The first-order valence-electron chi connectivity index (χ1n) is 10.7. The van der Waals surface area contributed by atoms with Gasteiger partial charge in [0.2, 0.25) is 5.91 Å². The maximum absolute atomic E-state index is 12.2. The lowest BCUT2D eigenvalue weighted by atomic mass is 9.90. The number of ether oxygens (including phenoxy) is 1. The molecule has 1 N–H and O–H groups in total. The average Bonchev–Trinajstić information content (AvgIpc) is 2.80. The van der Waals surface area contributed by atoms with E-state index in [4.69, 9.17) is 4.74 Å². The van der Waals surface area contributed by atoms with Crippen LogP contribution in [0.4, 0.5) is 10.5 Å². The summed E-state index contributed by atoms with van der Waals surface area (Å²) in [4.78, 5) is 28.0. The van der Waals surface area contributed by atoms with Gasteiger partial charge in [-0.3, -0.25) is 9.59 Å². The number of anilines is 1. The molecule has 1 saturated heterocycles. The molecule has 0 aliphatic carbocycles. The summed E-state index contributed by atoms with van der Waals surface area (Å²) in [6.45, 7) is 1.29. The molecule has 0 spiro atoms. The number of fused-ring (bicyclic) bond motifs is 1. The lowest BCUT2D eigenvalue weighted by Crippen LogP contribution is -2.49. The van der Waals surface area contributed by atoms with E-state index < -0.39 is 0 Å². The van der Waals surface area contributed by atoms with Gasteiger partial charge in [0.25, 0.3) is 5.24 Å². The Bertz CT molecular complexity index is 966. The molecule has 4 rings (SSSR count). The van der Waals surface area contributed by atoms with Gasteiger partial charge in [0.15, 0.2) is 0 Å². The Hall–Kier alpha value is -2.51. The number of nitrogens with one attached hydrogen (secondary N) is 1. The van der Waals surface area contributed by atoms with Crippen molar-refractivity contribution in [2.45, 2.75) is 44.3 Å². The van der Waals surface area contributed by atoms with Crippen molar-refractivity contribution in [3.63, 3.8) is 0 Å². The second-order valence-corrected chi connectivity index (χ2v) is 8.59. The third-order valence-corrected chi connectivity index (χ3v) is 6.65. The molecule has 1 fully saturated rings. The summed E-state index contributed by atoms with van der Waals surface area (Å²) in [5, 5.41) is 3.47. The first-order valence-corrected chi connectivity index (χ1v) is 11.2. The van der Waals surface area contributed by atoms with Crippen LogP contribution < -0.4 is 15.0 Å². The Morgan fingerprint density at radius 3 is 2.71 bits per heavy atom. The summed E-state index contributed by atoms with van der Waals surface area (Å²) in [6.07, 6.45) is 3.15. The van der Waals surface area contributed by atoms with Crippen LogP contribution in [0.2, 0.25) is 0 Å². The van der Waals surface area contributed by atoms with Gasteiger partial charge in [0.05, 0.1) is 13.2 Å².